The van der Waals surface area contributed by atoms with E-state index < -0.39 is 5.91 Å². The van der Waals surface area contributed by atoms with Gasteiger partial charge in [-0.05, 0) is 24.1 Å². The summed E-state index contributed by atoms with van der Waals surface area (Å²) >= 11 is 4.25. The van der Waals surface area contributed by atoms with Gasteiger partial charge in [0.15, 0.2) is 27.8 Å². The van der Waals surface area contributed by atoms with Crippen LogP contribution in [0.5, 0.6) is 0 Å². The Hall–Kier alpha value is -7.31. The summed E-state index contributed by atoms with van der Waals surface area (Å²) in [5.74, 6) is 0.899. The van der Waals surface area contributed by atoms with Gasteiger partial charge in [0.25, 0.3) is 5.91 Å². The predicted octanol–water partition coefficient (Wildman–Crippen LogP) is 5.65. The van der Waals surface area contributed by atoms with Gasteiger partial charge in [0.05, 0.1) is 38.2 Å². The van der Waals surface area contributed by atoms with E-state index in [1.54, 1.807) is 39.5 Å². The molecule has 1 aliphatic heterocycles. The van der Waals surface area contributed by atoms with Gasteiger partial charge in [-0.25, -0.2) is 29.3 Å². The molecule has 0 atom stereocenters. The molecule has 9 rings (SSSR count). The molecule has 0 spiro atoms. The molecule has 20 nitrogen and oxygen atoms in total. The van der Waals surface area contributed by atoms with Gasteiger partial charge in [-0.1, -0.05) is 95.8 Å². The second-order valence-electron chi connectivity index (χ2n) is 14.7. The third-order valence-electron chi connectivity index (χ3n) is 10.0. The highest BCUT2D eigenvalue weighted by Gasteiger charge is 2.36. The number of aromatic nitrogens is 10. The zero-order chi connectivity index (χ0) is 46.0. The number of nitrogens with one attached hydrogen (secondary N) is 3. The maximum absolute atomic E-state index is 13.6. The van der Waals surface area contributed by atoms with Crippen LogP contribution in [0, 0.1) is 0 Å². The maximum Gasteiger partial charge on any atom is 0.303 e. The summed E-state index contributed by atoms with van der Waals surface area (Å²) in [6, 6.07) is 24.5. The molecule has 0 saturated heterocycles. The zero-order valence-electron chi connectivity index (χ0n) is 36.0. The van der Waals surface area contributed by atoms with E-state index in [0.29, 0.717) is 95.3 Å². The fourth-order valence-electron chi connectivity index (χ4n) is 6.69. The zero-order valence-corrected chi connectivity index (χ0v) is 38.5. The molecule has 5 N–H and O–H groups in total. The lowest BCUT2D eigenvalue weighted by atomic mass is 10.1. The number of carbonyl (C=O) groups is 2. The third kappa shape index (κ3) is 10.7. The Bertz CT molecular complexity index is 3010. The Balaban J connectivity index is 0.728. The van der Waals surface area contributed by atoms with Crippen LogP contribution in [0.1, 0.15) is 34.8 Å². The fraction of sp³-hybridized carbons (Fsp3) is 0.227. The first-order valence-corrected chi connectivity index (χ1v) is 24.0. The largest absolute Gasteiger partial charge is 0.378 e. The number of thiazole rings is 2. The predicted molar refractivity (Wildman–Crippen MR) is 261 cm³/mol. The minimum Gasteiger partial charge on any atom is -0.378 e. The molecule has 2 amide bonds. The van der Waals surface area contributed by atoms with Crippen molar-refractivity contribution < 1.29 is 14.3 Å². The number of carbonyl (C=O) groups excluding carboxylic acids is 2. The van der Waals surface area contributed by atoms with E-state index in [4.69, 9.17) is 20.4 Å². The number of benzene rings is 3. The van der Waals surface area contributed by atoms with Gasteiger partial charge in [-0.3, -0.25) is 15.0 Å². The van der Waals surface area contributed by atoms with Crippen molar-refractivity contribution in [2.45, 2.75) is 31.6 Å². The first kappa shape index (κ1) is 44.9. The maximum atomic E-state index is 13.6. The lowest BCUT2D eigenvalue weighted by Gasteiger charge is -2.08. The number of nitrogens with zero attached hydrogens (tertiary/aromatic N) is 13. The topological polar surface area (TPSA) is 246 Å². The van der Waals surface area contributed by atoms with Crippen LogP contribution in [0.3, 0.4) is 0 Å². The molecule has 6 heterocycles. The number of hydrogen-bond donors (Lipinski definition) is 4. The molecule has 5 aromatic heterocycles. The van der Waals surface area contributed by atoms with E-state index in [0.717, 1.165) is 40.1 Å². The summed E-state index contributed by atoms with van der Waals surface area (Å²) in [5, 5.41) is 39.0. The summed E-state index contributed by atoms with van der Waals surface area (Å²) < 4.78 is 9.30. The number of anilines is 3. The lowest BCUT2D eigenvalue weighted by molar-refractivity contribution is -0.112. The van der Waals surface area contributed by atoms with E-state index in [9.17, 15) is 9.59 Å². The smallest absolute Gasteiger partial charge is 0.303 e. The van der Waals surface area contributed by atoms with Crippen molar-refractivity contribution in [2.75, 3.05) is 54.4 Å². The molecule has 340 valence electrons. The number of hydrogen-bond acceptors (Lipinski definition) is 19. The van der Waals surface area contributed by atoms with Crippen molar-refractivity contribution >= 4 is 84.9 Å². The number of thioether (sulfide) groups is 1. The average molecular weight is 954 g/mol. The van der Waals surface area contributed by atoms with Crippen LogP contribution >= 0.6 is 34.4 Å². The molecule has 3 aromatic carbocycles. The molecular weight excluding hydrogens is 911 g/mol. The summed E-state index contributed by atoms with van der Waals surface area (Å²) in [6.45, 7) is 5.17. The van der Waals surface area contributed by atoms with Crippen molar-refractivity contribution in [3.05, 3.63) is 119 Å². The van der Waals surface area contributed by atoms with E-state index in [-0.39, 0.29) is 11.6 Å². The van der Waals surface area contributed by atoms with E-state index in [2.05, 4.69) is 63.8 Å². The molecule has 0 saturated carbocycles. The molecule has 0 radical (unpaired) electrons. The average Bonchev–Trinajstić information content (AvgIpc) is 4.24. The van der Waals surface area contributed by atoms with Crippen LogP contribution in [-0.4, -0.2) is 112 Å². The Morgan fingerprint density at radius 2 is 1.72 bits per heavy atom. The van der Waals surface area contributed by atoms with Crippen molar-refractivity contribution in [2.24, 2.45) is 15.9 Å². The third-order valence-corrected chi connectivity index (χ3v) is 12.6. The SMILES string of the molecule is CCCSc1nc(NCCN)c2nnn(Cc3ccc(-c4cn(CCOCCNC(=O)c5ccc(-c6csc(N7N=C(c8ccccc8)/C(=N\Nc8nccs8)C7=O)n6)cc5)nn4)cc3)c2n1. The Labute approximate surface area is 395 Å². The lowest BCUT2D eigenvalue weighted by Crippen LogP contribution is -2.28. The number of fused-ring (bicyclic) bond motifs is 1. The number of hydrazone groups is 2. The highest BCUT2D eigenvalue weighted by molar-refractivity contribution is 7.99. The Morgan fingerprint density at radius 3 is 2.51 bits per heavy atom. The van der Waals surface area contributed by atoms with Gasteiger partial charge in [0.1, 0.15) is 11.4 Å². The van der Waals surface area contributed by atoms with Gasteiger partial charge in [0.2, 0.25) is 10.3 Å². The molecule has 8 aromatic rings. The van der Waals surface area contributed by atoms with Gasteiger partial charge in [-0.2, -0.15) is 15.2 Å². The first-order chi connectivity index (χ1) is 32.9. The van der Waals surface area contributed by atoms with E-state index in [1.807, 2.05) is 83.7 Å². The van der Waals surface area contributed by atoms with Gasteiger partial charge in [-0.15, -0.1) is 32.9 Å². The van der Waals surface area contributed by atoms with E-state index in [1.165, 1.54) is 27.7 Å². The number of nitrogens with two attached hydrogens (primary N) is 1. The minimum atomic E-state index is -0.417. The molecule has 0 unspecified atom stereocenters. The summed E-state index contributed by atoms with van der Waals surface area (Å²) in [4.78, 5) is 44.8. The number of amides is 2. The van der Waals surface area contributed by atoms with Gasteiger partial charge >= 0.3 is 5.91 Å². The molecule has 1 aliphatic rings. The van der Waals surface area contributed by atoms with Gasteiger partial charge < -0.3 is 21.1 Å². The molecule has 67 heavy (non-hydrogen) atoms. The highest BCUT2D eigenvalue weighted by atomic mass is 32.2. The van der Waals surface area contributed by atoms with Crippen molar-refractivity contribution in [3.63, 3.8) is 0 Å². The molecule has 23 heteroatoms. The van der Waals surface area contributed by atoms with Crippen LogP contribution in [0.25, 0.3) is 33.7 Å². The Kier molecular flexibility index (Phi) is 14.3. The fourth-order valence-corrected chi connectivity index (χ4v) is 8.64. The highest BCUT2D eigenvalue weighted by Crippen LogP contribution is 2.31. The first-order valence-electron chi connectivity index (χ1n) is 21.3. The molecule has 0 fully saturated rings. The number of rotatable bonds is 21. The van der Waals surface area contributed by atoms with Crippen LogP contribution in [0.2, 0.25) is 0 Å². The summed E-state index contributed by atoms with van der Waals surface area (Å²) in [6.07, 6.45) is 4.54. The van der Waals surface area contributed by atoms with Crippen molar-refractivity contribution in [3.8, 4) is 22.5 Å². The normalized spacial score (nSPS) is 13.2. The summed E-state index contributed by atoms with van der Waals surface area (Å²) in [7, 11) is 0. The van der Waals surface area contributed by atoms with E-state index >= 15 is 0 Å². The van der Waals surface area contributed by atoms with Gasteiger partial charge in [0, 0.05) is 64.6 Å². The summed E-state index contributed by atoms with van der Waals surface area (Å²) in [5.41, 5.74) is 15.8. The Morgan fingerprint density at radius 1 is 0.896 bits per heavy atom. The van der Waals surface area contributed by atoms with Crippen LogP contribution in [-0.2, 0) is 22.6 Å². The van der Waals surface area contributed by atoms with Crippen LogP contribution in [0.4, 0.5) is 16.1 Å². The van der Waals surface area contributed by atoms with Crippen molar-refractivity contribution in [1.82, 2.24) is 55.2 Å². The molecular formula is C44H43N17O3S3. The quantitative estimate of drug-likeness (QED) is 0.0294. The monoisotopic (exact) mass is 953 g/mol. The second-order valence-corrected chi connectivity index (χ2v) is 17.5. The number of ether oxygens (including phenoxy) is 1. The second kappa shape index (κ2) is 21.3. The molecule has 0 bridgehead atoms. The van der Waals surface area contributed by atoms with Crippen LogP contribution in [0.15, 0.2) is 117 Å². The standard InChI is InChI=1S/C44H43N17O3S3/c1-2-23-65-43-50-38(46-17-16-45)37-39(51-43)60(58-54-37)25-28-8-10-29(11-9-28)33-26-59(57-52-33)20-22-64-21-18-47-40(62)32-14-12-30(13-15-32)34-27-67-44(49-34)61-41(63)36(53-55-42-48-19-24-66-42)35(56-61)31-6-4-3-5-7-31/h3-15,19,24,26-27H,2,16-18,20-23,25,45H2,1H3,(H,47,62)(H,48,55)(H,46,50,51)/b53-36+. The van der Waals surface area contributed by atoms with Crippen molar-refractivity contribution in [1.29, 1.82) is 0 Å². The minimum absolute atomic E-state index is 0.150. The van der Waals surface area contributed by atoms with Crippen LogP contribution < -0.4 is 26.8 Å². The molecule has 0 aliphatic carbocycles.